The quantitative estimate of drug-likeness (QED) is 0.729. The largest absolute Gasteiger partial charge is 0.480 e. The molecule has 0 saturated heterocycles. The molecule has 0 aliphatic rings. The van der Waals surface area contributed by atoms with E-state index in [1.807, 2.05) is 0 Å². The Hall–Kier alpha value is -1.12. The van der Waals surface area contributed by atoms with Crippen LogP contribution in [-0.2, 0) is 20.4 Å². The molecule has 0 heterocycles. The Balaban J connectivity index is 4.21. The number of hydrogen-bond donors (Lipinski definition) is 2. The lowest BCUT2D eigenvalue weighted by Gasteiger charge is -2.11. The maximum Gasteiger partial charge on any atom is 0.405 e. The summed E-state index contributed by atoms with van der Waals surface area (Å²) in [4.78, 5) is 21.5. The summed E-state index contributed by atoms with van der Waals surface area (Å²) in [5.41, 5.74) is 0. The van der Waals surface area contributed by atoms with Gasteiger partial charge in [-0.25, -0.2) is 0 Å². The van der Waals surface area contributed by atoms with Crippen LogP contribution in [0.25, 0.3) is 0 Å². The molecule has 5 nitrogen and oxygen atoms in total. The maximum atomic E-state index is 11.7. The fourth-order valence-corrected chi connectivity index (χ4v) is 2.11. The van der Waals surface area contributed by atoms with Crippen molar-refractivity contribution in [2.45, 2.75) is 24.8 Å². The van der Waals surface area contributed by atoms with E-state index in [-0.39, 0.29) is 6.42 Å². The van der Waals surface area contributed by atoms with Crippen molar-refractivity contribution in [1.82, 2.24) is 5.32 Å². The topological polar surface area (TPSA) is 83.5 Å². The van der Waals surface area contributed by atoms with Crippen LogP contribution in [0.4, 0.5) is 13.2 Å². The molecule has 0 aromatic rings. The van der Waals surface area contributed by atoms with Crippen molar-refractivity contribution < 1.29 is 32.1 Å². The zero-order valence-electron chi connectivity index (χ0n) is 8.91. The SMILES string of the molecule is CCC(C(=O)O)S(=O)CC(=O)NCC(F)(F)F. The Morgan fingerprint density at radius 1 is 1.41 bits per heavy atom. The Kier molecular flexibility index (Phi) is 6.14. The predicted molar refractivity (Wildman–Crippen MR) is 53.8 cm³/mol. The molecule has 1 amide bonds. The number of carboxylic acids is 1. The molecular weight excluding hydrogens is 263 g/mol. The maximum absolute atomic E-state index is 11.7. The number of hydrogen-bond acceptors (Lipinski definition) is 3. The van der Waals surface area contributed by atoms with Crippen molar-refractivity contribution >= 4 is 22.7 Å². The minimum Gasteiger partial charge on any atom is -0.480 e. The summed E-state index contributed by atoms with van der Waals surface area (Å²) in [5.74, 6) is -3.17. The fraction of sp³-hybridized carbons (Fsp3) is 0.750. The van der Waals surface area contributed by atoms with Crippen molar-refractivity contribution in [2.24, 2.45) is 0 Å². The lowest BCUT2D eigenvalue weighted by Crippen LogP contribution is -2.38. The third kappa shape index (κ3) is 6.93. The highest BCUT2D eigenvalue weighted by Gasteiger charge is 2.29. The number of alkyl halides is 3. The third-order valence-electron chi connectivity index (χ3n) is 1.72. The fourth-order valence-electron chi connectivity index (χ4n) is 0.953. The van der Waals surface area contributed by atoms with E-state index in [0.717, 1.165) is 0 Å². The van der Waals surface area contributed by atoms with Crippen LogP contribution in [0.3, 0.4) is 0 Å². The van der Waals surface area contributed by atoms with Crippen LogP contribution in [0.5, 0.6) is 0 Å². The van der Waals surface area contributed by atoms with E-state index in [9.17, 15) is 27.0 Å². The van der Waals surface area contributed by atoms with Gasteiger partial charge in [0.1, 0.15) is 17.5 Å². The second-order valence-corrected chi connectivity index (χ2v) is 4.77. The van der Waals surface area contributed by atoms with Crippen LogP contribution in [0, 0.1) is 0 Å². The zero-order valence-corrected chi connectivity index (χ0v) is 9.73. The summed E-state index contributed by atoms with van der Waals surface area (Å²) < 4.78 is 46.5. The van der Waals surface area contributed by atoms with Crippen LogP contribution in [0.1, 0.15) is 13.3 Å². The van der Waals surface area contributed by atoms with Crippen molar-refractivity contribution in [1.29, 1.82) is 0 Å². The van der Waals surface area contributed by atoms with Gasteiger partial charge in [0.05, 0.1) is 0 Å². The van der Waals surface area contributed by atoms with Crippen LogP contribution < -0.4 is 5.32 Å². The molecule has 0 aliphatic carbocycles. The number of rotatable bonds is 6. The molecule has 0 bridgehead atoms. The van der Waals surface area contributed by atoms with Gasteiger partial charge in [-0.2, -0.15) is 13.2 Å². The standard InChI is InChI=1S/C8H12F3NO4S/c1-2-5(7(14)15)17(16)3-6(13)12-4-8(9,10)11/h5H,2-4H2,1H3,(H,12,13)(H,14,15). The number of carbonyl (C=O) groups excluding carboxylic acids is 1. The van der Waals surface area contributed by atoms with Gasteiger partial charge in [0.25, 0.3) is 0 Å². The lowest BCUT2D eigenvalue weighted by molar-refractivity contribution is -0.137. The van der Waals surface area contributed by atoms with E-state index in [1.54, 1.807) is 0 Å². The molecule has 0 fully saturated rings. The first-order valence-electron chi connectivity index (χ1n) is 4.60. The smallest absolute Gasteiger partial charge is 0.405 e. The number of nitrogens with one attached hydrogen (secondary N) is 1. The van der Waals surface area contributed by atoms with E-state index in [0.29, 0.717) is 0 Å². The predicted octanol–water partition coefficient (Wildman–Crippen LogP) is 0.277. The third-order valence-corrected chi connectivity index (χ3v) is 3.44. The molecule has 0 spiro atoms. The molecule has 100 valence electrons. The second-order valence-electron chi connectivity index (χ2n) is 3.15. The minimum absolute atomic E-state index is 0.0362. The summed E-state index contributed by atoms with van der Waals surface area (Å²) in [6.07, 6.45) is -4.51. The molecule has 0 aromatic heterocycles. The molecular formula is C8H12F3NO4S. The summed E-state index contributed by atoms with van der Waals surface area (Å²) >= 11 is 0. The number of amides is 1. The minimum atomic E-state index is -4.55. The number of aliphatic carboxylic acids is 1. The molecule has 0 aromatic carbocycles. The molecule has 17 heavy (non-hydrogen) atoms. The highest BCUT2D eigenvalue weighted by atomic mass is 32.2. The van der Waals surface area contributed by atoms with Crippen molar-refractivity contribution in [3.05, 3.63) is 0 Å². The van der Waals surface area contributed by atoms with Crippen molar-refractivity contribution in [3.8, 4) is 0 Å². The van der Waals surface area contributed by atoms with Crippen LogP contribution >= 0.6 is 0 Å². The van der Waals surface area contributed by atoms with Crippen LogP contribution in [0.2, 0.25) is 0 Å². The van der Waals surface area contributed by atoms with Gasteiger partial charge < -0.3 is 10.4 Å². The summed E-state index contributed by atoms with van der Waals surface area (Å²) in [6, 6.07) is 0. The molecule has 0 rings (SSSR count). The molecule has 2 N–H and O–H groups in total. The first kappa shape index (κ1) is 15.9. The number of halogens is 3. The molecule has 0 aliphatic heterocycles. The van der Waals surface area contributed by atoms with E-state index < -0.39 is 46.4 Å². The first-order chi connectivity index (χ1) is 7.67. The van der Waals surface area contributed by atoms with Gasteiger partial charge in [0, 0.05) is 10.8 Å². The molecule has 0 saturated carbocycles. The van der Waals surface area contributed by atoms with Gasteiger partial charge in [-0.3, -0.25) is 13.8 Å². The Bertz CT molecular complexity index is 318. The van der Waals surface area contributed by atoms with Gasteiger partial charge in [0.2, 0.25) is 5.91 Å². The number of carboxylic acid groups (broad SMARTS) is 1. The van der Waals surface area contributed by atoms with Crippen LogP contribution in [0.15, 0.2) is 0 Å². The second kappa shape index (κ2) is 6.58. The molecule has 9 heteroatoms. The highest BCUT2D eigenvalue weighted by molar-refractivity contribution is 7.87. The molecule has 2 atom stereocenters. The number of carbonyl (C=O) groups is 2. The monoisotopic (exact) mass is 275 g/mol. The Labute approximate surface area is 97.8 Å². The van der Waals surface area contributed by atoms with E-state index in [4.69, 9.17) is 5.11 Å². The zero-order chi connectivity index (χ0) is 13.6. The first-order valence-corrected chi connectivity index (χ1v) is 5.99. The average molecular weight is 275 g/mol. The van der Waals surface area contributed by atoms with Crippen molar-refractivity contribution in [3.63, 3.8) is 0 Å². The van der Waals surface area contributed by atoms with E-state index in [2.05, 4.69) is 0 Å². The summed E-state index contributed by atoms with van der Waals surface area (Å²) in [6.45, 7) is -0.0583. The van der Waals surface area contributed by atoms with Crippen molar-refractivity contribution in [2.75, 3.05) is 12.3 Å². The van der Waals surface area contributed by atoms with E-state index >= 15 is 0 Å². The molecule has 2 unspecified atom stereocenters. The Morgan fingerprint density at radius 2 is 1.94 bits per heavy atom. The normalized spacial score (nSPS) is 15.1. The van der Waals surface area contributed by atoms with Gasteiger partial charge in [-0.05, 0) is 6.42 Å². The summed E-state index contributed by atoms with van der Waals surface area (Å²) in [5, 5.41) is 8.89. The van der Waals surface area contributed by atoms with Gasteiger partial charge in [-0.1, -0.05) is 6.92 Å². The summed E-state index contributed by atoms with van der Waals surface area (Å²) in [7, 11) is -2.03. The van der Waals surface area contributed by atoms with E-state index in [1.165, 1.54) is 12.2 Å². The Morgan fingerprint density at radius 3 is 2.29 bits per heavy atom. The van der Waals surface area contributed by atoms with Gasteiger partial charge >= 0.3 is 12.1 Å². The highest BCUT2D eigenvalue weighted by Crippen LogP contribution is 2.12. The molecule has 0 radical (unpaired) electrons. The lowest BCUT2D eigenvalue weighted by atomic mass is 10.3. The van der Waals surface area contributed by atoms with Gasteiger partial charge in [0.15, 0.2) is 0 Å². The average Bonchev–Trinajstić information content (AvgIpc) is 2.14. The van der Waals surface area contributed by atoms with Crippen LogP contribution in [-0.4, -0.2) is 44.9 Å². The van der Waals surface area contributed by atoms with Gasteiger partial charge in [-0.15, -0.1) is 0 Å².